The molecule has 0 amide bonds. The average Bonchev–Trinajstić information content (AvgIpc) is 3.44. The van der Waals surface area contributed by atoms with E-state index in [0.717, 1.165) is 35.7 Å². The fourth-order valence-electron chi connectivity index (χ4n) is 4.73. The second kappa shape index (κ2) is 11.1. The van der Waals surface area contributed by atoms with Gasteiger partial charge in [-0.25, -0.2) is 4.98 Å². The molecule has 3 aromatic rings. The molecule has 1 aliphatic rings. The summed E-state index contributed by atoms with van der Waals surface area (Å²) in [6.45, 7) is 5.72. The van der Waals surface area contributed by atoms with Gasteiger partial charge < -0.3 is 9.88 Å². The van der Waals surface area contributed by atoms with Crippen molar-refractivity contribution in [3.8, 4) is 0 Å². The van der Waals surface area contributed by atoms with Crippen molar-refractivity contribution in [1.29, 1.82) is 0 Å². The Morgan fingerprint density at radius 2 is 2.06 bits per heavy atom. The second-order valence-corrected chi connectivity index (χ2v) is 10.1. The lowest BCUT2D eigenvalue weighted by Gasteiger charge is -2.25. The van der Waals surface area contributed by atoms with Gasteiger partial charge in [0.25, 0.3) is 0 Å². The lowest BCUT2D eigenvalue weighted by molar-refractivity contribution is 0.0962. The zero-order valence-corrected chi connectivity index (χ0v) is 19.6. The number of likely N-dealkylation sites (tertiary alicyclic amines) is 1. The van der Waals surface area contributed by atoms with Gasteiger partial charge in [0.1, 0.15) is 0 Å². The number of hydrogen-bond acceptors (Lipinski definition) is 4. The number of benzene rings is 1. The molecule has 1 aliphatic heterocycles. The number of carbonyl (C=O) groups excluding carboxylic acids is 1. The van der Waals surface area contributed by atoms with Crippen LogP contribution >= 0.6 is 11.3 Å². The maximum Gasteiger partial charge on any atom is 0.174 e. The Hall–Kier alpha value is -1.98. The topological polar surface area (TPSA) is 49.0 Å². The highest BCUT2D eigenvalue weighted by Gasteiger charge is 2.19. The van der Waals surface area contributed by atoms with Crippen molar-refractivity contribution in [3.63, 3.8) is 0 Å². The number of para-hydroxylation sites is 1. The third-order valence-corrected chi connectivity index (χ3v) is 7.64. The first-order chi connectivity index (χ1) is 15.2. The highest BCUT2D eigenvalue weighted by molar-refractivity contribution is 7.13. The Balaban J connectivity index is 1.36. The summed E-state index contributed by atoms with van der Waals surface area (Å²) in [4.78, 5) is 24.4. The summed E-state index contributed by atoms with van der Waals surface area (Å²) in [7, 11) is 0. The summed E-state index contributed by atoms with van der Waals surface area (Å²) >= 11 is 1.61. The summed E-state index contributed by atoms with van der Waals surface area (Å²) in [5.74, 6) is 0.647. The third kappa shape index (κ3) is 6.05. The molecule has 1 saturated heterocycles. The number of rotatable bonds is 11. The van der Waals surface area contributed by atoms with Crippen molar-refractivity contribution in [2.24, 2.45) is 5.92 Å². The van der Waals surface area contributed by atoms with E-state index in [1.165, 1.54) is 61.7 Å². The zero-order chi connectivity index (χ0) is 21.5. The molecule has 3 heterocycles. The number of aromatic nitrogens is 2. The van der Waals surface area contributed by atoms with Crippen LogP contribution in [0.25, 0.3) is 10.9 Å². The van der Waals surface area contributed by atoms with Crippen LogP contribution in [0.15, 0.2) is 36.7 Å². The van der Waals surface area contributed by atoms with Crippen LogP contribution in [-0.4, -0.2) is 40.3 Å². The Labute approximate surface area is 190 Å². The van der Waals surface area contributed by atoms with Crippen molar-refractivity contribution >= 4 is 28.0 Å². The van der Waals surface area contributed by atoms with E-state index in [2.05, 4.69) is 52.3 Å². The molecule has 0 spiro atoms. The van der Waals surface area contributed by atoms with Gasteiger partial charge in [-0.3, -0.25) is 4.79 Å². The van der Waals surface area contributed by atoms with E-state index in [4.69, 9.17) is 0 Å². The molecule has 31 heavy (non-hydrogen) atoms. The van der Waals surface area contributed by atoms with Gasteiger partial charge in [-0.05, 0) is 56.3 Å². The number of thiazole rings is 1. The van der Waals surface area contributed by atoms with Gasteiger partial charge in [0.05, 0.1) is 9.88 Å². The maximum absolute atomic E-state index is 13.1. The smallest absolute Gasteiger partial charge is 0.174 e. The fraction of sp³-hybridized carbons (Fsp3) is 0.538. The fourth-order valence-corrected chi connectivity index (χ4v) is 5.59. The average molecular weight is 438 g/mol. The number of nitrogens with zero attached hydrogens (tertiary/aromatic N) is 2. The van der Waals surface area contributed by atoms with E-state index >= 15 is 0 Å². The molecule has 2 aromatic heterocycles. The van der Waals surface area contributed by atoms with Crippen LogP contribution in [0.4, 0.5) is 0 Å². The van der Waals surface area contributed by atoms with Crippen LogP contribution in [0.5, 0.6) is 0 Å². The number of nitrogens with one attached hydrogen (secondary N) is 1. The lowest BCUT2D eigenvalue weighted by atomic mass is 9.89. The minimum absolute atomic E-state index is 0.266. The van der Waals surface area contributed by atoms with E-state index in [1.54, 1.807) is 11.3 Å². The number of H-pyrrole nitrogens is 1. The molecule has 5 heteroatoms. The number of aromatic amines is 1. The molecule has 1 atom stereocenters. The lowest BCUT2D eigenvalue weighted by Crippen LogP contribution is -2.31. The Morgan fingerprint density at radius 3 is 2.90 bits per heavy atom. The van der Waals surface area contributed by atoms with Crippen molar-refractivity contribution in [2.45, 2.75) is 64.7 Å². The van der Waals surface area contributed by atoms with Gasteiger partial charge in [0.2, 0.25) is 0 Å². The van der Waals surface area contributed by atoms with E-state index in [-0.39, 0.29) is 5.78 Å². The quantitative estimate of drug-likeness (QED) is 0.359. The van der Waals surface area contributed by atoms with Gasteiger partial charge in [-0.15, -0.1) is 11.3 Å². The van der Waals surface area contributed by atoms with Gasteiger partial charge >= 0.3 is 0 Å². The molecule has 0 bridgehead atoms. The van der Waals surface area contributed by atoms with Crippen LogP contribution in [-0.2, 0) is 12.8 Å². The molecule has 4 rings (SSSR count). The molecule has 166 valence electrons. The van der Waals surface area contributed by atoms with Gasteiger partial charge in [0, 0.05) is 42.7 Å². The summed E-state index contributed by atoms with van der Waals surface area (Å²) in [6, 6.07) is 8.45. The second-order valence-electron chi connectivity index (χ2n) is 8.97. The number of Topliss-reactive ketones (excluding diaryl/α,β-unsaturated/α-hetero) is 1. The number of carbonyl (C=O) groups is 1. The largest absolute Gasteiger partial charge is 0.361 e. The van der Waals surface area contributed by atoms with Gasteiger partial charge in [-0.1, -0.05) is 44.4 Å². The highest BCUT2D eigenvalue weighted by atomic mass is 32.1. The maximum atomic E-state index is 13.1. The Kier molecular flexibility index (Phi) is 7.92. The first kappa shape index (κ1) is 22.2. The van der Waals surface area contributed by atoms with Crippen LogP contribution in [0.2, 0.25) is 0 Å². The zero-order valence-electron chi connectivity index (χ0n) is 18.7. The molecule has 1 fully saturated rings. The summed E-state index contributed by atoms with van der Waals surface area (Å²) in [6.07, 6.45) is 13.9. The van der Waals surface area contributed by atoms with Gasteiger partial charge in [0.15, 0.2) is 5.78 Å². The number of piperidine rings is 1. The van der Waals surface area contributed by atoms with Crippen molar-refractivity contribution in [1.82, 2.24) is 14.9 Å². The molecule has 0 saturated carbocycles. The monoisotopic (exact) mass is 437 g/mol. The normalized spacial score (nSPS) is 16.0. The molecule has 1 N–H and O–H groups in total. The molecule has 1 unspecified atom stereocenters. The predicted octanol–water partition coefficient (Wildman–Crippen LogP) is 6.27. The van der Waals surface area contributed by atoms with Crippen LogP contribution in [0.1, 0.15) is 72.1 Å². The minimum Gasteiger partial charge on any atom is -0.361 e. The molecular weight excluding hydrogens is 402 g/mol. The molecule has 4 nitrogen and oxygen atoms in total. The number of ketones is 1. The van der Waals surface area contributed by atoms with Crippen molar-refractivity contribution in [2.75, 3.05) is 19.6 Å². The third-order valence-electron chi connectivity index (χ3n) is 6.54. The minimum atomic E-state index is 0.266. The number of hydrogen-bond donors (Lipinski definition) is 1. The van der Waals surface area contributed by atoms with Crippen LogP contribution < -0.4 is 0 Å². The molecule has 1 aromatic carbocycles. The Morgan fingerprint density at radius 1 is 1.23 bits per heavy atom. The Bertz CT molecular complexity index is 970. The molecule has 0 radical (unpaired) electrons. The predicted molar refractivity (Wildman–Crippen MR) is 130 cm³/mol. The van der Waals surface area contributed by atoms with Crippen LogP contribution in [0.3, 0.4) is 0 Å². The number of fused-ring (bicyclic) bond motifs is 1. The van der Waals surface area contributed by atoms with Gasteiger partial charge in [-0.2, -0.15) is 0 Å². The van der Waals surface area contributed by atoms with E-state index in [9.17, 15) is 4.79 Å². The summed E-state index contributed by atoms with van der Waals surface area (Å²) in [5.41, 5.74) is 2.51. The standard InChI is InChI=1S/C26H35N3OS/c1-2-3-9-20(16-21-18-27-23-11-6-5-10-22(21)23)17-24(30)25-19-28-26(31-25)12-15-29-13-7-4-8-14-29/h5-6,10-11,18-20,27H,2-4,7-9,12-17H2,1H3. The first-order valence-electron chi connectivity index (χ1n) is 12.0. The molecular formula is C26H35N3OS. The van der Waals surface area contributed by atoms with Crippen LogP contribution in [0, 0.1) is 5.92 Å². The highest BCUT2D eigenvalue weighted by Crippen LogP contribution is 2.27. The van der Waals surface area contributed by atoms with Crippen molar-refractivity contribution in [3.05, 3.63) is 52.1 Å². The van der Waals surface area contributed by atoms with E-state index < -0.39 is 0 Å². The van der Waals surface area contributed by atoms with E-state index in [0.29, 0.717) is 12.3 Å². The van der Waals surface area contributed by atoms with Crippen molar-refractivity contribution < 1.29 is 4.79 Å². The SMILES string of the molecule is CCCCC(CC(=O)c1cnc(CCN2CCCCC2)s1)Cc1c[nH]c2ccccc12. The summed E-state index contributed by atoms with van der Waals surface area (Å²) < 4.78 is 0. The van der Waals surface area contributed by atoms with E-state index in [1.807, 2.05) is 6.20 Å². The first-order valence-corrected chi connectivity index (χ1v) is 12.8. The molecule has 0 aliphatic carbocycles. The number of unbranched alkanes of at least 4 members (excludes halogenated alkanes) is 1. The summed E-state index contributed by atoms with van der Waals surface area (Å²) in [5, 5.41) is 2.39.